The lowest BCUT2D eigenvalue weighted by Gasteiger charge is -2.36. The molecule has 1 atom stereocenters. The highest BCUT2D eigenvalue weighted by Gasteiger charge is 2.47. The number of nitrogens with zero attached hydrogens (tertiary/aromatic N) is 2. The Morgan fingerprint density at radius 3 is 2.41 bits per heavy atom. The molecule has 1 aromatic rings. The molecule has 0 saturated heterocycles. The van der Waals surface area contributed by atoms with E-state index in [4.69, 9.17) is 0 Å². The van der Waals surface area contributed by atoms with Gasteiger partial charge in [-0.3, -0.25) is 9.59 Å². The summed E-state index contributed by atoms with van der Waals surface area (Å²) in [5.74, 6) is 0.0296. The van der Waals surface area contributed by atoms with Gasteiger partial charge in [0.2, 0.25) is 11.8 Å². The number of amidine groups is 1. The second-order valence-electron chi connectivity index (χ2n) is 5.77. The fourth-order valence-corrected chi connectivity index (χ4v) is 4.16. The number of benzene rings is 1. The minimum absolute atomic E-state index is 0.141. The number of nitrogens with one attached hydrogen (secondary N) is 1. The first-order valence-electron chi connectivity index (χ1n) is 7.26. The van der Waals surface area contributed by atoms with Crippen molar-refractivity contribution >= 4 is 28.7 Å². The topological polar surface area (TPSA) is 61.8 Å². The third kappa shape index (κ3) is 3.32. The molecule has 5 nitrogen and oxygen atoms in total. The predicted molar refractivity (Wildman–Crippen MR) is 88.9 cm³/mol. The van der Waals surface area contributed by atoms with E-state index in [1.54, 1.807) is 0 Å². The Morgan fingerprint density at radius 2 is 1.91 bits per heavy atom. The van der Waals surface area contributed by atoms with Crippen LogP contribution in [0, 0.1) is 5.92 Å². The monoisotopic (exact) mass is 319 g/mol. The third-order valence-electron chi connectivity index (χ3n) is 3.29. The average Bonchev–Trinajstić information content (AvgIpc) is 2.78. The number of hydrazone groups is 1. The van der Waals surface area contributed by atoms with Crippen molar-refractivity contribution in [2.45, 2.75) is 39.0 Å². The number of thioether (sulfide) groups is 1. The molecular formula is C16H21N3O2S. The Balaban J connectivity index is 2.48. The lowest BCUT2D eigenvalue weighted by Crippen LogP contribution is -2.41. The van der Waals surface area contributed by atoms with Gasteiger partial charge in [0.25, 0.3) is 0 Å². The van der Waals surface area contributed by atoms with Gasteiger partial charge in [0.1, 0.15) is 4.87 Å². The summed E-state index contributed by atoms with van der Waals surface area (Å²) < 4.78 is 0. The molecule has 0 spiro atoms. The standard InChI is InChI=1S/C16H21N3O2S/c1-11(2)10-16(14-8-6-5-7-9-14)19(13(4)21)18-15(22-16)17-12(3)20/h5-9,11H,10H2,1-4H3,(H,17,18,20)/t16-/m0/s1. The lowest BCUT2D eigenvalue weighted by atomic mass is 9.95. The number of rotatable bonds is 3. The molecule has 2 rings (SSSR count). The summed E-state index contributed by atoms with van der Waals surface area (Å²) in [5.41, 5.74) is 1.01. The highest BCUT2D eigenvalue weighted by Crippen LogP contribution is 2.49. The van der Waals surface area contributed by atoms with Crippen LogP contribution in [0.1, 0.15) is 39.7 Å². The van der Waals surface area contributed by atoms with Crippen LogP contribution in [0.2, 0.25) is 0 Å². The van der Waals surface area contributed by atoms with Crippen molar-refractivity contribution in [3.05, 3.63) is 35.9 Å². The van der Waals surface area contributed by atoms with Gasteiger partial charge in [-0.25, -0.2) is 5.01 Å². The number of carbonyl (C=O) groups is 2. The van der Waals surface area contributed by atoms with Crippen LogP contribution in [0.5, 0.6) is 0 Å². The maximum absolute atomic E-state index is 12.1. The summed E-state index contributed by atoms with van der Waals surface area (Å²) in [6, 6.07) is 9.84. The SMILES string of the molecule is CC(=O)NC1=NN(C(C)=O)[C@](CC(C)C)(c2ccccc2)S1. The van der Waals surface area contributed by atoms with Crippen molar-refractivity contribution in [1.29, 1.82) is 0 Å². The predicted octanol–water partition coefficient (Wildman–Crippen LogP) is 2.89. The van der Waals surface area contributed by atoms with Crippen molar-refractivity contribution in [2.75, 3.05) is 0 Å². The van der Waals surface area contributed by atoms with Gasteiger partial charge < -0.3 is 5.32 Å². The molecule has 0 fully saturated rings. The highest BCUT2D eigenvalue weighted by molar-refractivity contribution is 8.14. The molecule has 1 N–H and O–H groups in total. The van der Waals surface area contributed by atoms with Gasteiger partial charge in [-0.2, -0.15) is 0 Å². The van der Waals surface area contributed by atoms with Gasteiger partial charge >= 0.3 is 0 Å². The summed E-state index contributed by atoms with van der Waals surface area (Å²) in [6.07, 6.45) is 0.744. The molecule has 1 aliphatic rings. The minimum Gasteiger partial charge on any atom is -0.304 e. The first kappa shape index (κ1) is 16.5. The zero-order valence-electron chi connectivity index (χ0n) is 13.3. The normalized spacial score (nSPS) is 21.0. The van der Waals surface area contributed by atoms with Crippen LogP contribution in [0.4, 0.5) is 0 Å². The van der Waals surface area contributed by atoms with Crippen LogP contribution in [0.15, 0.2) is 35.4 Å². The van der Waals surface area contributed by atoms with Crippen LogP contribution < -0.4 is 5.32 Å². The molecule has 0 radical (unpaired) electrons. The number of amides is 2. The van der Waals surface area contributed by atoms with E-state index in [0.717, 1.165) is 12.0 Å². The smallest absolute Gasteiger partial charge is 0.241 e. The molecule has 1 aliphatic heterocycles. The molecule has 0 aliphatic carbocycles. The van der Waals surface area contributed by atoms with E-state index in [-0.39, 0.29) is 11.8 Å². The van der Waals surface area contributed by atoms with Crippen LogP contribution >= 0.6 is 11.8 Å². The van der Waals surface area contributed by atoms with Crippen LogP contribution in [-0.4, -0.2) is 22.0 Å². The fraction of sp³-hybridized carbons (Fsp3) is 0.438. The molecule has 1 heterocycles. The van der Waals surface area contributed by atoms with Gasteiger partial charge in [-0.1, -0.05) is 55.9 Å². The third-order valence-corrected chi connectivity index (χ3v) is 4.58. The van der Waals surface area contributed by atoms with Gasteiger partial charge in [0.05, 0.1) is 0 Å². The second-order valence-corrected chi connectivity index (χ2v) is 7.03. The van der Waals surface area contributed by atoms with E-state index in [1.807, 2.05) is 30.3 Å². The molecule has 0 unspecified atom stereocenters. The van der Waals surface area contributed by atoms with Crippen molar-refractivity contribution in [2.24, 2.45) is 11.0 Å². The van der Waals surface area contributed by atoms with E-state index in [9.17, 15) is 9.59 Å². The number of carbonyl (C=O) groups excluding carboxylic acids is 2. The zero-order valence-corrected chi connectivity index (χ0v) is 14.1. The first-order valence-corrected chi connectivity index (χ1v) is 8.08. The summed E-state index contributed by atoms with van der Waals surface area (Å²) in [4.78, 5) is 22.9. The Labute approximate surface area is 135 Å². The van der Waals surface area contributed by atoms with E-state index >= 15 is 0 Å². The van der Waals surface area contributed by atoms with Crippen molar-refractivity contribution in [3.8, 4) is 0 Å². The second kappa shape index (κ2) is 6.52. The fourth-order valence-electron chi connectivity index (χ4n) is 2.60. The Morgan fingerprint density at radius 1 is 1.27 bits per heavy atom. The summed E-state index contributed by atoms with van der Waals surface area (Å²) in [6.45, 7) is 7.16. The summed E-state index contributed by atoms with van der Waals surface area (Å²) in [7, 11) is 0. The molecule has 0 saturated carbocycles. The molecule has 0 bridgehead atoms. The molecule has 118 valence electrons. The quantitative estimate of drug-likeness (QED) is 0.932. The molecule has 0 aromatic heterocycles. The van der Waals surface area contributed by atoms with Crippen molar-refractivity contribution < 1.29 is 9.59 Å². The Hall–Kier alpha value is -1.82. The van der Waals surface area contributed by atoms with E-state index < -0.39 is 4.87 Å². The lowest BCUT2D eigenvalue weighted by molar-refractivity contribution is -0.132. The van der Waals surface area contributed by atoms with Gasteiger partial charge in [-0.15, -0.1) is 5.10 Å². The maximum Gasteiger partial charge on any atom is 0.241 e. The van der Waals surface area contributed by atoms with Crippen LogP contribution in [0.25, 0.3) is 0 Å². The summed E-state index contributed by atoms with van der Waals surface area (Å²) >= 11 is 1.43. The first-order chi connectivity index (χ1) is 10.3. The van der Waals surface area contributed by atoms with Crippen LogP contribution in [0.3, 0.4) is 0 Å². The van der Waals surface area contributed by atoms with Gasteiger partial charge in [-0.05, 0) is 17.9 Å². The summed E-state index contributed by atoms with van der Waals surface area (Å²) in [5, 5.41) is 9.01. The van der Waals surface area contributed by atoms with E-state index in [2.05, 4.69) is 24.3 Å². The number of hydrogen-bond acceptors (Lipinski definition) is 4. The Kier molecular flexibility index (Phi) is 4.90. The zero-order chi connectivity index (χ0) is 16.3. The van der Waals surface area contributed by atoms with Gasteiger partial charge in [0.15, 0.2) is 5.17 Å². The average molecular weight is 319 g/mol. The maximum atomic E-state index is 12.1. The van der Waals surface area contributed by atoms with E-state index in [1.165, 1.54) is 30.6 Å². The largest absolute Gasteiger partial charge is 0.304 e. The molecular weight excluding hydrogens is 298 g/mol. The number of hydrogen-bond donors (Lipinski definition) is 1. The highest BCUT2D eigenvalue weighted by atomic mass is 32.2. The molecule has 1 aromatic carbocycles. The van der Waals surface area contributed by atoms with Crippen LogP contribution in [-0.2, 0) is 14.5 Å². The van der Waals surface area contributed by atoms with Gasteiger partial charge in [0, 0.05) is 13.8 Å². The van der Waals surface area contributed by atoms with Crippen molar-refractivity contribution in [3.63, 3.8) is 0 Å². The van der Waals surface area contributed by atoms with Crippen molar-refractivity contribution in [1.82, 2.24) is 10.3 Å². The van der Waals surface area contributed by atoms with E-state index in [0.29, 0.717) is 11.1 Å². The molecule has 6 heteroatoms. The minimum atomic E-state index is -0.612. The Bertz CT molecular complexity index is 601. The molecule has 2 amide bonds. The molecule has 22 heavy (non-hydrogen) atoms.